The van der Waals surface area contributed by atoms with E-state index in [0.717, 1.165) is 0 Å². The Morgan fingerprint density at radius 3 is 2.29 bits per heavy atom. The largest absolute Gasteiger partial charge is 0.349 e. The Morgan fingerprint density at radius 2 is 1.64 bits per heavy atom. The predicted octanol–water partition coefficient (Wildman–Crippen LogP) is 1.74. The molecule has 0 fully saturated rings. The number of benzene rings is 2. The number of aromatic nitrogens is 2. The summed E-state index contributed by atoms with van der Waals surface area (Å²) in [6.45, 7) is 1.59. The molecular formula is C20H19N3O4S. The zero-order valence-corrected chi connectivity index (χ0v) is 16.0. The fraction of sp³-hybridized carbons (Fsp3) is 0.150. The molecule has 0 aliphatic rings. The van der Waals surface area contributed by atoms with Crippen molar-refractivity contribution in [1.82, 2.24) is 15.1 Å². The van der Waals surface area contributed by atoms with Gasteiger partial charge < -0.3 is 5.32 Å². The van der Waals surface area contributed by atoms with E-state index in [1.165, 1.54) is 22.9 Å². The maximum atomic E-state index is 12.4. The number of carbonyl (C=O) groups excluding carboxylic acids is 1. The molecule has 0 aliphatic carbocycles. The molecule has 8 heteroatoms. The van der Waals surface area contributed by atoms with Crippen LogP contribution < -0.4 is 10.7 Å². The van der Waals surface area contributed by atoms with Gasteiger partial charge in [-0.15, -0.1) is 0 Å². The molecule has 0 spiro atoms. The molecule has 0 atom stereocenters. The number of nitrogens with one attached hydrogen (secondary N) is 1. The molecule has 0 unspecified atom stereocenters. The fourth-order valence-electron chi connectivity index (χ4n) is 2.66. The maximum absolute atomic E-state index is 12.4. The van der Waals surface area contributed by atoms with Crippen LogP contribution in [-0.2, 0) is 9.84 Å². The van der Waals surface area contributed by atoms with Gasteiger partial charge in [-0.3, -0.25) is 9.59 Å². The van der Waals surface area contributed by atoms with Gasteiger partial charge in [0, 0.05) is 18.3 Å². The van der Waals surface area contributed by atoms with E-state index in [1.54, 1.807) is 37.3 Å². The summed E-state index contributed by atoms with van der Waals surface area (Å²) < 4.78 is 26.0. The molecule has 0 radical (unpaired) electrons. The molecule has 0 saturated heterocycles. The average molecular weight is 397 g/mol. The highest BCUT2D eigenvalue weighted by atomic mass is 32.2. The molecule has 0 aliphatic heterocycles. The highest BCUT2D eigenvalue weighted by Crippen LogP contribution is 2.10. The summed E-state index contributed by atoms with van der Waals surface area (Å²) in [5.74, 6) is -0.987. The molecule has 3 aromatic rings. The van der Waals surface area contributed by atoms with Crippen LogP contribution in [0.1, 0.15) is 16.2 Å². The Labute approximate surface area is 162 Å². The number of sulfone groups is 1. The monoisotopic (exact) mass is 397 g/mol. The van der Waals surface area contributed by atoms with Crippen molar-refractivity contribution in [3.8, 4) is 5.69 Å². The number of aryl methyl sites for hydroxylation is 1. The number of carbonyl (C=O) groups is 1. The zero-order chi connectivity index (χ0) is 20.1. The summed E-state index contributed by atoms with van der Waals surface area (Å²) in [6, 6.07) is 18.4. The van der Waals surface area contributed by atoms with Crippen LogP contribution in [0.25, 0.3) is 5.69 Å². The molecule has 7 nitrogen and oxygen atoms in total. The molecule has 1 amide bonds. The molecule has 1 N–H and O–H groups in total. The summed E-state index contributed by atoms with van der Waals surface area (Å²) in [5.41, 5.74) is 0.486. The van der Waals surface area contributed by atoms with E-state index >= 15 is 0 Å². The summed E-state index contributed by atoms with van der Waals surface area (Å²) in [7, 11) is -3.52. The van der Waals surface area contributed by atoms with E-state index in [9.17, 15) is 18.0 Å². The van der Waals surface area contributed by atoms with Crippen LogP contribution in [0.2, 0.25) is 0 Å². The molecule has 2 aromatic carbocycles. The number of rotatable bonds is 6. The van der Waals surface area contributed by atoms with Gasteiger partial charge in [0.25, 0.3) is 5.91 Å². The summed E-state index contributed by atoms with van der Waals surface area (Å²) in [5, 5.41) is 6.63. The Kier molecular flexibility index (Phi) is 5.70. The van der Waals surface area contributed by atoms with E-state index in [4.69, 9.17) is 0 Å². The molecule has 1 aromatic heterocycles. The van der Waals surface area contributed by atoms with Crippen molar-refractivity contribution in [2.75, 3.05) is 12.3 Å². The van der Waals surface area contributed by atoms with Gasteiger partial charge >= 0.3 is 0 Å². The first-order valence-electron chi connectivity index (χ1n) is 8.61. The van der Waals surface area contributed by atoms with Gasteiger partial charge in [-0.25, -0.2) is 13.1 Å². The van der Waals surface area contributed by atoms with Crippen LogP contribution in [0.3, 0.4) is 0 Å². The molecular weight excluding hydrogens is 378 g/mol. The van der Waals surface area contributed by atoms with Gasteiger partial charge in [-0.1, -0.05) is 36.4 Å². The Balaban J connectivity index is 1.75. The first-order valence-corrected chi connectivity index (χ1v) is 10.3. The second-order valence-electron chi connectivity index (χ2n) is 6.13. The predicted molar refractivity (Wildman–Crippen MR) is 105 cm³/mol. The third-order valence-electron chi connectivity index (χ3n) is 4.08. The molecule has 0 saturated carbocycles. The molecule has 0 bridgehead atoms. The van der Waals surface area contributed by atoms with Crippen molar-refractivity contribution in [3.63, 3.8) is 0 Å². The lowest BCUT2D eigenvalue weighted by molar-refractivity contribution is 0.0948. The maximum Gasteiger partial charge on any atom is 0.275 e. The van der Waals surface area contributed by atoms with Crippen LogP contribution in [0.5, 0.6) is 0 Å². The Hall–Kier alpha value is -3.26. The SMILES string of the molecule is Cc1cc(=O)c(C(=O)NCCS(=O)(=O)c2ccccc2)nn1-c1ccccc1. The quantitative estimate of drug-likeness (QED) is 0.683. The normalized spacial score (nSPS) is 11.2. The van der Waals surface area contributed by atoms with Crippen molar-refractivity contribution < 1.29 is 13.2 Å². The van der Waals surface area contributed by atoms with Crippen LogP contribution in [0.4, 0.5) is 0 Å². The first kappa shape index (κ1) is 19.5. The third-order valence-corrected chi connectivity index (χ3v) is 5.81. The molecule has 3 rings (SSSR count). The van der Waals surface area contributed by atoms with Gasteiger partial charge in [-0.05, 0) is 31.2 Å². The Morgan fingerprint density at radius 1 is 1.04 bits per heavy atom. The lowest BCUT2D eigenvalue weighted by Crippen LogP contribution is -2.34. The lowest BCUT2D eigenvalue weighted by atomic mass is 10.2. The van der Waals surface area contributed by atoms with Crippen LogP contribution in [-0.4, -0.2) is 36.4 Å². The Bertz CT molecular complexity index is 1140. The van der Waals surface area contributed by atoms with Crippen molar-refractivity contribution in [3.05, 3.63) is 88.3 Å². The number of para-hydroxylation sites is 1. The lowest BCUT2D eigenvalue weighted by Gasteiger charge is -2.11. The van der Waals surface area contributed by atoms with E-state index in [-0.39, 0.29) is 22.9 Å². The van der Waals surface area contributed by atoms with Crippen molar-refractivity contribution in [2.24, 2.45) is 0 Å². The number of nitrogens with zero attached hydrogens (tertiary/aromatic N) is 2. The molecule has 144 valence electrons. The van der Waals surface area contributed by atoms with E-state index in [1.807, 2.05) is 18.2 Å². The zero-order valence-electron chi connectivity index (χ0n) is 15.2. The fourth-order valence-corrected chi connectivity index (χ4v) is 3.84. The van der Waals surface area contributed by atoms with Crippen LogP contribution in [0.15, 0.2) is 76.4 Å². The standard InChI is InChI=1S/C20H19N3O4S/c1-15-14-18(24)19(22-23(15)16-8-4-2-5-9-16)20(25)21-12-13-28(26,27)17-10-6-3-7-11-17/h2-11,14H,12-13H2,1H3,(H,21,25). The molecule has 1 heterocycles. The van der Waals surface area contributed by atoms with Gasteiger partial charge in [-0.2, -0.15) is 5.10 Å². The van der Waals surface area contributed by atoms with Crippen LogP contribution >= 0.6 is 0 Å². The van der Waals surface area contributed by atoms with E-state index < -0.39 is 21.2 Å². The highest BCUT2D eigenvalue weighted by Gasteiger charge is 2.18. The number of hydrogen-bond donors (Lipinski definition) is 1. The highest BCUT2D eigenvalue weighted by molar-refractivity contribution is 7.91. The summed E-state index contributed by atoms with van der Waals surface area (Å²) in [4.78, 5) is 24.8. The molecule has 28 heavy (non-hydrogen) atoms. The van der Waals surface area contributed by atoms with Crippen molar-refractivity contribution >= 4 is 15.7 Å². The van der Waals surface area contributed by atoms with Gasteiger partial charge in [0.2, 0.25) is 5.43 Å². The number of amides is 1. The first-order chi connectivity index (χ1) is 13.4. The van der Waals surface area contributed by atoms with E-state index in [2.05, 4.69) is 10.4 Å². The summed E-state index contributed by atoms with van der Waals surface area (Å²) >= 11 is 0. The van der Waals surface area contributed by atoms with Crippen LogP contribution in [0, 0.1) is 6.92 Å². The topological polar surface area (TPSA) is 98.1 Å². The van der Waals surface area contributed by atoms with E-state index in [0.29, 0.717) is 11.4 Å². The third kappa shape index (κ3) is 4.34. The smallest absolute Gasteiger partial charge is 0.275 e. The van der Waals surface area contributed by atoms with Gasteiger partial charge in [0.05, 0.1) is 16.3 Å². The minimum absolute atomic E-state index is 0.129. The second kappa shape index (κ2) is 8.18. The number of hydrogen-bond acceptors (Lipinski definition) is 5. The van der Waals surface area contributed by atoms with Gasteiger partial charge in [0.15, 0.2) is 15.5 Å². The minimum atomic E-state index is -3.52. The van der Waals surface area contributed by atoms with Crippen molar-refractivity contribution in [1.29, 1.82) is 0 Å². The van der Waals surface area contributed by atoms with Crippen molar-refractivity contribution in [2.45, 2.75) is 11.8 Å². The minimum Gasteiger partial charge on any atom is -0.349 e. The van der Waals surface area contributed by atoms with Gasteiger partial charge in [0.1, 0.15) is 0 Å². The second-order valence-corrected chi connectivity index (χ2v) is 8.24. The average Bonchev–Trinajstić information content (AvgIpc) is 2.69. The summed E-state index contributed by atoms with van der Waals surface area (Å²) in [6.07, 6.45) is 0.